The standard InChI is InChI=1S/C37H36N2O6/c1-4-20-6-10-22(11-7-20)38-34(41)26-16-15-25-27(32(26)36(38)43)19-29-33(31(25)28-18-24(45-3)14-17-30(28)40)37(44)39(35(29)42)23-12-8-21(5-2)9-13-23/h6-15,17-18,26-27,29,31-33,40H,4-5,16,19H2,1-3H3/t26-,27+,29+,31+,32-,33+/m0/s1. The third kappa shape index (κ3) is 4.41. The quantitative estimate of drug-likeness (QED) is 0.292. The number of aryl methyl sites for hydroxylation is 2. The minimum Gasteiger partial charge on any atom is -0.508 e. The van der Waals surface area contributed by atoms with E-state index in [0.717, 1.165) is 29.5 Å². The van der Waals surface area contributed by atoms with Gasteiger partial charge in [0.2, 0.25) is 23.6 Å². The van der Waals surface area contributed by atoms with Gasteiger partial charge in [-0.3, -0.25) is 29.0 Å². The van der Waals surface area contributed by atoms with E-state index in [4.69, 9.17) is 4.74 Å². The van der Waals surface area contributed by atoms with Gasteiger partial charge in [-0.05, 0) is 85.2 Å². The summed E-state index contributed by atoms with van der Waals surface area (Å²) in [6, 6.07) is 19.8. The molecule has 1 saturated carbocycles. The highest BCUT2D eigenvalue weighted by molar-refractivity contribution is 6.24. The van der Waals surface area contributed by atoms with Crippen molar-refractivity contribution in [2.75, 3.05) is 16.9 Å². The van der Waals surface area contributed by atoms with Crippen LogP contribution in [0, 0.1) is 29.6 Å². The van der Waals surface area contributed by atoms with Gasteiger partial charge in [0.1, 0.15) is 11.5 Å². The van der Waals surface area contributed by atoms with Crippen LogP contribution in [0.15, 0.2) is 78.4 Å². The van der Waals surface area contributed by atoms with Gasteiger partial charge in [-0.2, -0.15) is 0 Å². The molecule has 3 aromatic carbocycles. The van der Waals surface area contributed by atoms with E-state index in [1.165, 1.54) is 23.0 Å². The number of phenolic OH excluding ortho intramolecular Hbond substituents is 1. The lowest BCUT2D eigenvalue weighted by molar-refractivity contribution is -0.126. The molecule has 3 fully saturated rings. The van der Waals surface area contributed by atoms with Gasteiger partial charge in [0.25, 0.3) is 0 Å². The van der Waals surface area contributed by atoms with Crippen LogP contribution < -0.4 is 14.5 Å². The zero-order valence-corrected chi connectivity index (χ0v) is 25.6. The highest BCUT2D eigenvalue weighted by Gasteiger charge is 2.62. The molecule has 0 bridgehead atoms. The molecule has 3 aromatic rings. The van der Waals surface area contributed by atoms with Crippen molar-refractivity contribution < 1.29 is 29.0 Å². The predicted octanol–water partition coefficient (Wildman–Crippen LogP) is 5.57. The van der Waals surface area contributed by atoms with Crippen molar-refractivity contribution in [3.05, 3.63) is 95.1 Å². The molecule has 4 aliphatic rings. The van der Waals surface area contributed by atoms with Crippen LogP contribution in [0.4, 0.5) is 11.4 Å². The monoisotopic (exact) mass is 604 g/mol. The Morgan fingerprint density at radius 1 is 0.711 bits per heavy atom. The zero-order valence-electron chi connectivity index (χ0n) is 25.6. The number of hydrogen-bond acceptors (Lipinski definition) is 6. The van der Waals surface area contributed by atoms with E-state index >= 15 is 0 Å². The number of anilines is 2. The molecule has 8 nitrogen and oxygen atoms in total. The first-order valence-corrected chi connectivity index (χ1v) is 15.8. The third-order valence-electron chi connectivity index (χ3n) is 10.4. The first-order chi connectivity index (χ1) is 21.8. The third-order valence-corrected chi connectivity index (χ3v) is 10.4. The summed E-state index contributed by atoms with van der Waals surface area (Å²) >= 11 is 0. The van der Waals surface area contributed by atoms with Crippen LogP contribution in [0.2, 0.25) is 0 Å². The number of benzene rings is 3. The van der Waals surface area contributed by atoms with Gasteiger partial charge in [0.05, 0.1) is 42.2 Å². The summed E-state index contributed by atoms with van der Waals surface area (Å²) in [6.07, 6.45) is 4.27. The Bertz CT molecular complexity index is 1740. The maximum atomic E-state index is 14.3. The van der Waals surface area contributed by atoms with E-state index in [2.05, 4.69) is 0 Å². The molecule has 230 valence electrons. The largest absolute Gasteiger partial charge is 0.508 e. The normalized spacial score (nSPS) is 27.3. The van der Waals surface area contributed by atoms with Crippen molar-refractivity contribution in [1.82, 2.24) is 0 Å². The fourth-order valence-electron chi connectivity index (χ4n) is 8.12. The van der Waals surface area contributed by atoms with Crippen molar-refractivity contribution in [2.45, 2.75) is 45.4 Å². The van der Waals surface area contributed by atoms with E-state index in [-0.39, 0.29) is 35.8 Å². The predicted molar refractivity (Wildman–Crippen MR) is 169 cm³/mol. The molecule has 2 aliphatic heterocycles. The van der Waals surface area contributed by atoms with Crippen molar-refractivity contribution in [1.29, 1.82) is 0 Å². The van der Waals surface area contributed by atoms with Crippen LogP contribution in [-0.2, 0) is 32.0 Å². The second-order valence-electron chi connectivity index (χ2n) is 12.5. The summed E-state index contributed by atoms with van der Waals surface area (Å²) in [4.78, 5) is 59.1. The van der Waals surface area contributed by atoms with Crippen molar-refractivity contribution in [3.63, 3.8) is 0 Å². The molecule has 2 aliphatic carbocycles. The molecular weight excluding hydrogens is 568 g/mol. The minimum absolute atomic E-state index is 0.0133. The number of phenols is 1. The number of imide groups is 2. The molecule has 0 unspecified atom stereocenters. The van der Waals surface area contributed by atoms with Crippen LogP contribution in [0.5, 0.6) is 11.5 Å². The Morgan fingerprint density at radius 3 is 1.82 bits per heavy atom. The fourth-order valence-corrected chi connectivity index (χ4v) is 8.12. The molecule has 0 radical (unpaired) electrons. The first-order valence-electron chi connectivity index (χ1n) is 15.8. The second kappa shape index (κ2) is 11.0. The van der Waals surface area contributed by atoms with Gasteiger partial charge >= 0.3 is 0 Å². The lowest BCUT2D eigenvalue weighted by Crippen LogP contribution is -2.43. The molecule has 45 heavy (non-hydrogen) atoms. The van der Waals surface area contributed by atoms with Crippen LogP contribution >= 0.6 is 0 Å². The number of carbonyl (C=O) groups is 4. The summed E-state index contributed by atoms with van der Waals surface area (Å²) in [6.45, 7) is 4.09. The number of hydrogen-bond donors (Lipinski definition) is 1. The molecule has 2 heterocycles. The number of fused-ring (bicyclic) bond motifs is 4. The maximum absolute atomic E-state index is 14.3. The highest BCUT2D eigenvalue weighted by Crippen LogP contribution is 2.59. The summed E-state index contributed by atoms with van der Waals surface area (Å²) in [7, 11) is 1.53. The SMILES string of the molecule is CCc1ccc(N2C(=O)[C@H]3[C@H](CC=C4[C@H]3C[C@H]3C(=O)N(c5ccc(CC)cc5)C(=O)[C@H]3[C@H]4c3cc(OC)ccc3O)C2=O)cc1. The average molecular weight is 605 g/mol. The lowest BCUT2D eigenvalue weighted by atomic mass is 9.57. The number of methoxy groups -OCH3 is 1. The van der Waals surface area contributed by atoms with Crippen molar-refractivity contribution in [3.8, 4) is 11.5 Å². The van der Waals surface area contributed by atoms with Gasteiger partial charge in [0, 0.05) is 11.5 Å². The molecule has 2 saturated heterocycles. The van der Waals surface area contributed by atoms with Crippen LogP contribution in [0.3, 0.4) is 0 Å². The highest BCUT2D eigenvalue weighted by atomic mass is 16.5. The number of amides is 4. The summed E-state index contributed by atoms with van der Waals surface area (Å²) in [5, 5.41) is 11.2. The molecule has 0 aromatic heterocycles. The Balaban J connectivity index is 1.33. The van der Waals surface area contributed by atoms with E-state index in [9.17, 15) is 24.3 Å². The molecule has 4 amide bonds. The summed E-state index contributed by atoms with van der Waals surface area (Å²) < 4.78 is 5.49. The summed E-state index contributed by atoms with van der Waals surface area (Å²) in [5.74, 6) is -4.49. The molecule has 7 rings (SSSR count). The van der Waals surface area contributed by atoms with E-state index in [1.807, 2.05) is 56.3 Å². The molecule has 8 heteroatoms. The topological polar surface area (TPSA) is 104 Å². The average Bonchev–Trinajstić information content (AvgIpc) is 3.47. The zero-order chi connectivity index (χ0) is 31.6. The Morgan fingerprint density at radius 2 is 1.27 bits per heavy atom. The van der Waals surface area contributed by atoms with Crippen molar-refractivity contribution in [2.24, 2.45) is 29.6 Å². The van der Waals surface area contributed by atoms with E-state index < -0.39 is 35.5 Å². The Labute approximate surface area is 262 Å². The van der Waals surface area contributed by atoms with Crippen molar-refractivity contribution >= 4 is 35.0 Å². The number of nitrogens with zero attached hydrogens (tertiary/aromatic N) is 2. The van der Waals surface area contributed by atoms with Gasteiger partial charge < -0.3 is 9.84 Å². The Hall–Kier alpha value is -4.72. The fraction of sp³-hybridized carbons (Fsp3) is 0.351. The minimum atomic E-state index is -0.773. The van der Waals surface area contributed by atoms with Gasteiger partial charge in [-0.1, -0.05) is 49.8 Å². The molecule has 6 atom stereocenters. The second-order valence-corrected chi connectivity index (χ2v) is 12.5. The van der Waals surface area contributed by atoms with Crippen LogP contribution in [0.1, 0.15) is 49.3 Å². The number of aromatic hydroxyl groups is 1. The Kier molecular flexibility index (Phi) is 7.10. The number of allylic oxidation sites excluding steroid dienone is 2. The lowest BCUT2D eigenvalue weighted by Gasteiger charge is -2.44. The van der Waals surface area contributed by atoms with Gasteiger partial charge in [-0.25, -0.2) is 0 Å². The number of rotatable bonds is 6. The summed E-state index contributed by atoms with van der Waals surface area (Å²) in [5.41, 5.74) is 4.56. The number of ether oxygens (including phenoxy) is 1. The van der Waals surface area contributed by atoms with Crippen LogP contribution in [0.25, 0.3) is 0 Å². The van der Waals surface area contributed by atoms with Gasteiger partial charge in [0.15, 0.2) is 0 Å². The maximum Gasteiger partial charge on any atom is 0.238 e. The molecule has 0 spiro atoms. The number of carbonyl (C=O) groups excluding carboxylic acids is 4. The van der Waals surface area contributed by atoms with Gasteiger partial charge in [-0.15, -0.1) is 0 Å². The van der Waals surface area contributed by atoms with E-state index in [1.54, 1.807) is 24.3 Å². The molecule has 1 N–H and O–H groups in total. The first kappa shape index (κ1) is 29.0. The molecular formula is C37H36N2O6. The smallest absolute Gasteiger partial charge is 0.238 e. The van der Waals surface area contributed by atoms with E-state index in [0.29, 0.717) is 29.1 Å². The van der Waals surface area contributed by atoms with Crippen LogP contribution in [-0.4, -0.2) is 35.8 Å².